The molecular formula is C23H24N4O2S. The number of nitriles is 1. The van der Waals surface area contributed by atoms with Crippen molar-refractivity contribution in [2.45, 2.75) is 38.4 Å². The number of hydrogen-bond donors (Lipinski definition) is 1. The molecule has 1 N–H and O–H groups in total. The summed E-state index contributed by atoms with van der Waals surface area (Å²) in [6.45, 7) is 7.41. The Morgan fingerprint density at radius 2 is 1.90 bits per heavy atom. The van der Waals surface area contributed by atoms with Gasteiger partial charge in [-0.2, -0.15) is 5.26 Å². The number of para-hydroxylation sites is 2. The number of thioether (sulfide) groups is 1. The van der Waals surface area contributed by atoms with Gasteiger partial charge in [0.05, 0.1) is 28.4 Å². The van der Waals surface area contributed by atoms with E-state index in [0.717, 1.165) is 11.3 Å². The Kier molecular flexibility index (Phi) is 6.28. The molecule has 7 heteroatoms. The van der Waals surface area contributed by atoms with Crippen LogP contribution < -0.4 is 10.9 Å². The molecular weight excluding hydrogens is 396 g/mol. The summed E-state index contributed by atoms with van der Waals surface area (Å²) in [5, 5.41) is 13.2. The van der Waals surface area contributed by atoms with Gasteiger partial charge >= 0.3 is 0 Å². The van der Waals surface area contributed by atoms with Crippen molar-refractivity contribution in [3.8, 4) is 11.8 Å². The Morgan fingerprint density at radius 3 is 2.57 bits per heavy atom. The number of nitrogens with one attached hydrogen (secondary N) is 1. The van der Waals surface area contributed by atoms with Crippen LogP contribution in [-0.2, 0) is 4.79 Å². The lowest BCUT2D eigenvalue weighted by molar-refractivity contribution is -0.120. The van der Waals surface area contributed by atoms with Crippen LogP contribution in [-0.4, -0.2) is 26.8 Å². The van der Waals surface area contributed by atoms with Crippen LogP contribution in [0.15, 0.2) is 58.5 Å². The van der Waals surface area contributed by atoms with Gasteiger partial charge in [0.25, 0.3) is 5.56 Å². The second-order valence-corrected chi connectivity index (χ2v) is 8.59. The van der Waals surface area contributed by atoms with Gasteiger partial charge in [-0.15, -0.1) is 0 Å². The number of rotatable bonds is 6. The van der Waals surface area contributed by atoms with Crippen LogP contribution in [0.1, 0.15) is 26.3 Å². The summed E-state index contributed by atoms with van der Waals surface area (Å²) in [7, 11) is 0. The summed E-state index contributed by atoms with van der Waals surface area (Å²) >= 11 is 1.18. The van der Waals surface area contributed by atoms with E-state index in [0.29, 0.717) is 16.1 Å². The topological polar surface area (TPSA) is 87.8 Å². The number of nitrogens with zero attached hydrogens (tertiary/aromatic N) is 3. The number of amides is 1. The van der Waals surface area contributed by atoms with E-state index < -0.39 is 5.54 Å². The van der Waals surface area contributed by atoms with E-state index in [4.69, 9.17) is 0 Å². The van der Waals surface area contributed by atoms with Crippen LogP contribution in [0.25, 0.3) is 16.6 Å². The summed E-state index contributed by atoms with van der Waals surface area (Å²) in [5.41, 5.74) is 1.11. The Morgan fingerprint density at radius 1 is 1.23 bits per heavy atom. The maximum Gasteiger partial charge on any atom is 0.266 e. The van der Waals surface area contributed by atoms with Gasteiger partial charge in [0.15, 0.2) is 5.16 Å². The van der Waals surface area contributed by atoms with Crippen molar-refractivity contribution in [1.82, 2.24) is 14.9 Å². The van der Waals surface area contributed by atoms with Crippen molar-refractivity contribution >= 4 is 28.6 Å². The molecule has 0 radical (unpaired) electrons. The molecule has 0 aliphatic carbocycles. The monoisotopic (exact) mass is 420 g/mol. The van der Waals surface area contributed by atoms with E-state index in [1.807, 2.05) is 57.2 Å². The largest absolute Gasteiger partial charge is 0.337 e. The third-order valence-corrected chi connectivity index (χ3v) is 6.16. The summed E-state index contributed by atoms with van der Waals surface area (Å²) < 4.78 is 1.56. The molecule has 1 amide bonds. The predicted molar refractivity (Wildman–Crippen MR) is 120 cm³/mol. The first-order valence-electron chi connectivity index (χ1n) is 9.69. The molecule has 1 aromatic heterocycles. The van der Waals surface area contributed by atoms with Crippen molar-refractivity contribution in [2.75, 3.05) is 5.75 Å². The molecule has 0 saturated carbocycles. The molecule has 0 fully saturated rings. The quantitative estimate of drug-likeness (QED) is 0.483. The van der Waals surface area contributed by atoms with Crippen molar-refractivity contribution in [2.24, 2.45) is 5.92 Å². The number of aromatic nitrogens is 2. The first-order chi connectivity index (χ1) is 14.3. The fourth-order valence-electron chi connectivity index (χ4n) is 2.99. The van der Waals surface area contributed by atoms with Gasteiger partial charge in [-0.25, -0.2) is 4.98 Å². The Balaban J connectivity index is 2.00. The summed E-state index contributed by atoms with van der Waals surface area (Å²) in [4.78, 5) is 30.5. The van der Waals surface area contributed by atoms with Crippen LogP contribution in [0.2, 0.25) is 0 Å². The zero-order valence-corrected chi connectivity index (χ0v) is 18.3. The highest BCUT2D eigenvalue weighted by atomic mass is 32.2. The molecule has 1 unspecified atom stereocenters. The maximum atomic E-state index is 13.3. The maximum absolute atomic E-state index is 13.3. The second kappa shape index (κ2) is 8.72. The molecule has 30 heavy (non-hydrogen) atoms. The average Bonchev–Trinajstić information content (AvgIpc) is 2.73. The third kappa shape index (κ3) is 4.24. The molecule has 0 saturated heterocycles. The van der Waals surface area contributed by atoms with Crippen LogP contribution in [0.4, 0.5) is 0 Å². The van der Waals surface area contributed by atoms with E-state index in [2.05, 4.69) is 16.4 Å². The first kappa shape index (κ1) is 21.6. The van der Waals surface area contributed by atoms with Gasteiger partial charge in [-0.05, 0) is 43.5 Å². The second-order valence-electron chi connectivity index (χ2n) is 7.64. The van der Waals surface area contributed by atoms with Crippen LogP contribution in [0.5, 0.6) is 0 Å². The van der Waals surface area contributed by atoms with Gasteiger partial charge in [0.2, 0.25) is 5.91 Å². The lowest BCUT2D eigenvalue weighted by Gasteiger charge is -2.27. The number of carbonyl (C=O) groups excluding carboxylic acids is 1. The number of aryl methyl sites for hydroxylation is 1. The molecule has 0 spiro atoms. The Bertz CT molecular complexity index is 1200. The third-order valence-electron chi connectivity index (χ3n) is 5.22. The number of hydrogen-bond acceptors (Lipinski definition) is 5. The van der Waals surface area contributed by atoms with Crippen molar-refractivity contribution < 1.29 is 4.79 Å². The van der Waals surface area contributed by atoms with E-state index in [1.165, 1.54) is 11.8 Å². The minimum absolute atomic E-state index is 0.0413. The van der Waals surface area contributed by atoms with Crippen LogP contribution >= 0.6 is 11.8 Å². The van der Waals surface area contributed by atoms with Crippen molar-refractivity contribution in [3.05, 3.63) is 64.4 Å². The normalized spacial score (nSPS) is 13.1. The minimum atomic E-state index is -0.954. The SMILES string of the molecule is Cc1ccccc1-n1c(SCC(=O)NC(C)(C#N)C(C)C)nc2ccccc2c1=O. The Hall–Kier alpha value is -3.11. The van der Waals surface area contributed by atoms with E-state index in [-0.39, 0.29) is 23.1 Å². The molecule has 0 aliphatic heterocycles. The van der Waals surface area contributed by atoms with Crippen molar-refractivity contribution in [3.63, 3.8) is 0 Å². The molecule has 6 nitrogen and oxygen atoms in total. The van der Waals surface area contributed by atoms with E-state index in [1.54, 1.807) is 23.6 Å². The molecule has 0 bridgehead atoms. The van der Waals surface area contributed by atoms with Gasteiger partial charge in [0.1, 0.15) is 5.54 Å². The zero-order chi connectivity index (χ0) is 21.9. The number of carbonyl (C=O) groups is 1. The molecule has 0 aliphatic rings. The highest BCUT2D eigenvalue weighted by Crippen LogP contribution is 2.23. The van der Waals surface area contributed by atoms with E-state index >= 15 is 0 Å². The smallest absolute Gasteiger partial charge is 0.266 e. The molecule has 1 heterocycles. The molecule has 1 atom stereocenters. The molecule has 154 valence electrons. The highest BCUT2D eigenvalue weighted by Gasteiger charge is 2.30. The minimum Gasteiger partial charge on any atom is -0.337 e. The van der Waals surface area contributed by atoms with Gasteiger partial charge < -0.3 is 5.32 Å². The first-order valence-corrected chi connectivity index (χ1v) is 10.7. The number of fused-ring (bicyclic) bond motifs is 1. The van der Waals surface area contributed by atoms with Crippen LogP contribution in [0, 0.1) is 24.2 Å². The molecule has 3 rings (SSSR count). The highest BCUT2D eigenvalue weighted by molar-refractivity contribution is 7.99. The Labute approximate surface area is 179 Å². The van der Waals surface area contributed by atoms with E-state index in [9.17, 15) is 14.9 Å². The summed E-state index contributed by atoms with van der Waals surface area (Å²) in [5.74, 6) is -0.280. The lowest BCUT2D eigenvalue weighted by atomic mass is 9.90. The predicted octanol–water partition coefficient (Wildman–Crippen LogP) is 3.84. The average molecular weight is 421 g/mol. The molecule has 3 aromatic rings. The zero-order valence-electron chi connectivity index (χ0n) is 17.5. The van der Waals surface area contributed by atoms with Crippen LogP contribution in [0.3, 0.4) is 0 Å². The van der Waals surface area contributed by atoms with Crippen molar-refractivity contribution in [1.29, 1.82) is 5.26 Å². The lowest BCUT2D eigenvalue weighted by Crippen LogP contribution is -2.49. The van der Waals surface area contributed by atoms with Gasteiger partial charge in [-0.3, -0.25) is 14.2 Å². The number of benzene rings is 2. The van der Waals surface area contributed by atoms with Gasteiger partial charge in [0, 0.05) is 0 Å². The standard InChI is InChI=1S/C23H24N4O2S/c1-15(2)23(4,14-24)26-20(28)13-30-22-25-18-11-7-6-10-17(18)21(29)27(22)19-12-8-5-9-16(19)3/h5-12,15H,13H2,1-4H3,(H,26,28). The van der Waals surface area contributed by atoms with Gasteiger partial charge in [-0.1, -0.05) is 55.9 Å². The molecule has 2 aromatic carbocycles. The summed E-state index contributed by atoms with van der Waals surface area (Å²) in [6, 6.07) is 16.9. The fraction of sp³-hybridized carbons (Fsp3) is 0.304. The fourth-order valence-corrected chi connectivity index (χ4v) is 3.80. The summed E-state index contributed by atoms with van der Waals surface area (Å²) in [6.07, 6.45) is 0.